The number of carbonyl (C=O) groups is 2. The average Bonchev–Trinajstić information content (AvgIpc) is 2.53. The minimum Gasteiger partial charge on any atom is -0.493 e. The third-order valence-electron chi connectivity index (χ3n) is 3.45. The summed E-state index contributed by atoms with van der Waals surface area (Å²) in [5, 5.41) is 2.80. The Hall–Kier alpha value is -2.62. The van der Waals surface area contributed by atoms with Crippen molar-refractivity contribution in [3.05, 3.63) is 59.7 Å². The Morgan fingerprint density at radius 3 is 2.61 bits per heavy atom. The summed E-state index contributed by atoms with van der Waals surface area (Å²) in [6.07, 6.45) is 1.00. The highest BCUT2D eigenvalue weighted by atomic mass is 16.5. The van der Waals surface area contributed by atoms with Crippen LogP contribution in [0.2, 0.25) is 0 Å². The third kappa shape index (κ3) is 5.25. The molecule has 0 radical (unpaired) electrons. The number of benzene rings is 2. The van der Waals surface area contributed by atoms with Gasteiger partial charge < -0.3 is 10.1 Å². The van der Waals surface area contributed by atoms with Gasteiger partial charge in [0.2, 0.25) is 5.91 Å². The van der Waals surface area contributed by atoms with Crippen LogP contribution in [0.25, 0.3) is 0 Å². The molecule has 0 spiro atoms. The lowest BCUT2D eigenvalue weighted by Crippen LogP contribution is -2.13. The number of hydrogen-bond donors (Lipinski definition) is 1. The van der Waals surface area contributed by atoms with Crippen molar-refractivity contribution in [2.75, 3.05) is 11.9 Å². The normalized spacial score (nSPS) is 10.2. The lowest BCUT2D eigenvalue weighted by molar-refractivity contribution is -0.116. The van der Waals surface area contributed by atoms with Gasteiger partial charge in [0, 0.05) is 17.7 Å². The van der Waals surface area contributed by atoms with Crippen LogP contribution in [0.3, 0.4) is 0 Å². The maximum absolute atomic E-state index is 11.9. The summed E-state index contributed by atoms with van der Waals surface area (Å²) in [5.74, 6) is 0.744. The Balaban J connectivity index is 1.76. The summed E-state index contributed by atoms with van der Waals surface area (Å²) in [6.45, 7) is 3.99. The van der Waals surface area contributed by atoms with Crippen molar-refractivity contribution < 1.29 is 14.3 Å². The van der Waals surface area contributed by atoms with Crippen LogP contribution in [0, 0.1) is 6.92 Å². The van der Waals surface area contributed by atoms with Gasteiger partial charge in [-0.25, -0.2) is 0 Å². The molecule has 0 aliphatic heterocycles. The maximum atomic E-state index is 11.9. The number of Topliss-reactive ketones (excluding diaryl/α,β-unsaturated/α-hetero) is 1. The SMILES string of the molecule is CC(=O)c1cccc(NC(=O)CCCOc2ccccc2C)c1. The lowest BCUT2D eigenvalue weighted by Gasteiger charge is -2.09. The van der Waals surface area contributed by atoms with Crippen molar-refractivity contribution in [2.24, 2.45) is 0 Å². The first kappa shape index (κ1) is 16.7. The predicted octanol–water partition coefficient (Wildman–Crippen LogP) is 4.00. The molecule has 1 N–H and O–H groups in total. The Morgan fingerprint density at radius 1 is 1.09 bits per heavy atom. The van der Waals surface area contributed by atoms with Gasteiger partial charge in [-0.1, -0.05) is 30.3 Å². The van der Waals surface area contributed by atoms with Crippen molar-refractivity contribution in [3.8, 4) is 5.75 Å². The number of anilines is 1. The predicted molar refractivity (Wildman–Crippen MR) is 91.0 cm³/mol. The smallest absolute Gasteiger partial charge is 0.224 e. The molecule has 2 aromatic carbocycles. The van der Waals surface area contributed by atoms with Gasteiger partial charge in [0.05, 0.1) is 6.61 Å². The number of para-hydroxylation sites is 1. The van der Waals surface area contributed by atoms with Gasteiger partial charge in [-0.15, -0.1) is 0 Å². The van der Waals surface area contributed by atoms with Crippen molar-refractivity contribution in [2.45, 2.75) is 26.7 Å². The fourth-order valence-electron chi connectivity index (χ4n) is 2.17. The molecule has 2 rings (SSSR count). The topological polar surface area (TPSA) is 55.4 Å². The largest absolute Gasteiger partial charge is 0.493 e. The highest BCUT2D eigenvalue weighted by molar-refractivity contribution is 5.97. The molecule has 0 fully saturated rings. The first-order valence-corrected chi connectivity index (χ1v) is 7.65. The molecule has 0 bridgehead atoms. The van der Waals surface area contributed by atoms with Crippen LogP contribution >= 0.6 is 0 Å². The number of nitrogens with one attached hydrogen (secondary N) is 1. The second-order valence-electron chi connectivity index (χ2n) is 5.40. The van der Waals surface area contributed by atoms with Gasteiger partial charge in [-0.3, -0.25) is 9.59 Å². The van der Waals surface area contributed by atoms with E-state index in [1.54, 1.807) is 24.3 Å². The first-order valence-electron chi connectivity index (χ1n) is 7.65. The number of hydrogen-bond acceptors (Lipinski definition) is 3. The Labute approximate surface area is 136 Å². The van der Waals surface area contributed by atoms with E-state index < -0.39 is 0 Å². The summed E-state index contributed by atoms with van der Waals surface area (Å²) in [5.41, 5.74) is 2.31. The second-order valence-corrected chi connectivity index (χ2v) is 5.40. The van der Waals surface area contributed by atoms with E-state index in [1.807, 2.05) is 31.2 Å². The molecule has 0 unspecified atom stereocenters. The van der Waals surface area contributed by atoms with Crippen LogP contribution in [0.1, 0.15) is 35.7 Å². The molecule has 0 aliphatic carbocycles. The standard InChI is InChI=1S/C19H21NO3/c1-14-7-3-4-10-18(14)23-12-6-11-19(22)20-17-9-5-8-16(13-17)15(2)21/h3-5,7-10,13H,6,11-12H2,1-2H3,(H,20,22). The van der Waals surface area contributed by atoms with Gasteiger partial charge in [0.15, 0.2) is 5.78 Å². The lowest BCUT2D eigenvalue weighted by atomic mass is 10.1. The fraction of sp³-hybridized carbons (Fsp3) is 0.263. The highest BCUT2D eigenvalue weighted by Gasteiger charge is 2.05. The molecule has 0 saturated carbocycles. The Kier molecular flexibility index (Phi) is 5.92. The number of ether oxygens (including phenoxy) is 1. The van der Waals surface area contributed by atoms with Gasteiger partial charge >= 0.3 is 0 Å². The van der Waals surface area contributed by atoms with E-state index in [2.05, 4.69) is 5.32 Å². The molecule has 1 amide bonds. The molecular formula is C19H21NO3. The van der Waals surface area contributed by atoms with Gasteiger partial charge in [0.25, 0.3) is 0 Å². The molecule has 0 atom stereocenters. The monoisotopic (exact) mass is 311 g/mol. The van der Waals surface area contributed by atoms with E-state index >= 15 is 0 Å². The van der Waals surface area contributed by atoms with Crippen LogP contribution in [0.15, 0.2) is 48.5 Å². The van der Waals surface area contributed by atoms with Crippen molar-refractivity contribution in [3.63, 3.8) is 0 Å². The van der Waals surface area contributed by atoms with Crippen molar-refractivity contribution in [1.82, 2.24) is 0 Å². The minimum atomic E-state index is -0.0842. The molecule has 0 heterocycles. The molecule has 2 aromatic rings. The zero-order valence-electron chi connectivity index (χ0n) is 13.5. The Morgan fingerprint density at radius 2 is 1.87 bits per heavy atom. The van der Waals surface area contributed by atoms with Gasteiger partial charge in [0.1, 0.15) is 5.75 Å². The van der Waals surface area contributed by atoms with Crippen LogP contribution in [-0.2, 0) is 4.79 Å². The van der Waals surface area contributed by atoms with E-state index in [0.29, 0.717) is 30.7 Å². The molecule has 0 aliphatic rings. The number of aryl methyl sites for hydroxylation is 1. The van der Waals surface area contributed by atoms with Crippen LogP contribution in [0.4, 0.5) is 5.69 Å². The summed E-state index contributed by atoms with van der Waals surface area (Å²) in [6, 6.07) is 14.7. The summed E-state index contributed by atoms with van der Waals surface area (Å²) in [7, 11) is 0. The van der Waals surface area contributed by atoms with Crippen molar-refractivity contribution in [1.29, 1.82) is 0 Å². The summed E-state index contributed by atoms with van der Waals surface area (Å²) >= 11 is 0. The summed E-state index contributed by atoms with van der Waals surface area (Å²) < 4.78 is 5.66. The van der Waals surface area contributed by atoms with Crippen LogP contribution in [0.5, 0.6) is 5.75 Å². The van der Waals surface area contributed by atoms with E-state index in [1.165, 1.54) is 6.92 Å². The van der Waals surface area contributed by atoms with Crippen LogP contribution < -0.4 is 10.1 Å². The Bertz CT molecular complexity index is 695. The zero-order valence-corrected chi connectivity index (χ0v) is 13.5. The maximum Gasteiger partial charge on any atom is 0.224 e. The summed E-state index contributed by atoms with van der Waals surface area (Å²) in [4.78, 5) is 23.2. The number of ketones is 1. The van der Waals surface area contributed by atoms with E-state index in [0.717, 1.165) is 11.3 Å². The molecule has 23 heavy (non-hydrogen) atoms. The number of carbonyl (C=O) groups excluding carboxylic acids is 2. The first-order chi connectivity index (χ1) is 11.1. The van der Waals surface area contributed by atoms with E-state index in [9.17, 15) is 9.59 Å². The second kappa shape index (κ2) is 8.13. The highest BCUT2D eigenvalue weighted by Crippen LogP contribution is 2.16. The molecular weight excluding hydrogens is 290 g/mol. The van der Waals surface area contributed by atoms with Gasteiger partial charge in [-0.05, 0) is 44.0 Å². The molecule has 4 heteroatoms. The molecule has 0 saturated heterocycles. The molecule has 0 aromatic heterocycles. The number of amides is 1. The van der Waals surface area contributed by atoms with Gasteiger partial charge in [-0.2, -0.15) is 0 Å². The zero-order chi connectivity index (χ0) is 16.7. The van der Waals surface area contributed by atoms with Crippen LogP contribution in [-0.4, -0.2) is 18.3 Å². The van der Waals surface area contributed by atoms with E-state index in [-0.39, 0.29) is 11.7 Å². The fourth-order valence-corrected chi connectivity index (χ4v) is 2.17. The molecule has 120 valence electrons. The van der Waals surface area contributed by atoms with E-state index in [4.69, 9.17) is 4.74 Å². The van der Waals surface area contributed by atoms with Crippen molar-refractivity contribution >= 4 is 17.4 Å². The third-order valence-corrected chi connectivity index (χ3v) is 3.45. The number of rotatable bonds is 7. The molecule has 4 nitrogen and oxygen atoms in total. The quantitative estimate of drug-likeness (QED) is 0.621. The average molecular weight is 311 g/mol. The minimum absolute atomic E-state index is 0.0206.